The highest BCUT2D eigenvalue weighted by molar-refractivity contribution is 6.33. The van der Waals surface area contributed by atoms with E-state index in [1.165, 1.54) is 4.90 Å². The van der Waals surface area contributed by atoms with E-state index in [1.807, 2.05) is 36.4 Å². The molecule has 0 fully saturated rings. The zero-order chi connectivity index (χ0) is 17.8. The van der Waals surface area contributed by atoms with E-state index in [0.717, 1.165) is 5.56 Å². The molecule has 0 aliphatic carbocycles. The van der Waals surface area contributed by atoms with Gasteiger partial charge in [-0.25, -0.2) is 0 Å². The number of carbonyl (C=O) groups is 1. The van der Waals surface area contributed by atoms with Gasteiger partial charge < -0.3 is 9.42 Å². The third-order valence-corrected chi connectivity index (χ3v) is 4.38. The summed E-state index contributed by atoms with van der Waals surface area (Å²) in [6, 6.07) is 14.5. The average Bonchev–Trinajstić information content (AvgIpc) is 3.05. The average molecular weight is 376 g/mol. The lowest BCUT2D eigenvalue weighted by Gasteiger charge is -2.15. The van der Waals surface area contributed by atoms with E-state index in [2.05, 4.69) is 10.1 Å². The Morgan fingerprint density at radius 3 is 2.48 bits per heavy atom. The molecule has 128 valence electrons. The van der Waals surface area contributed by atoms with Crippen molar-refractivity contribution >= 4 is 29.1 Å². The Kier molecular flexibility index (Phi) is 5.36. The van der Waals surface area contributed by atoms with Gasteiger partial charge in [0.1, 0.15) is 0 Å². The first-order valence-corrected chi connectivity index (χ1v) is 8.35. The lowest BCUT2D eigenvalue weighted by atomic mass is 10.1. The second-order valence-corrected chi connectivity index (χ2v) is 6.32. The molecule has 0 saturated carbocycles. The summed E-state index contributed by atoms with van der Waals surface area (Å²) in [5.41, 5.74) is 1.47. The first kappa shape index (κ1) is 17.5. The van der Waals surface area contributed by atoms with Crippen molar-refractivity contribution in [1.29, 1.82) is 0 Å². The number of rotatable bonds is 5. The molecule has 0 aliphatic rings. The molecule has 0 saturated heterocycles. The van der Waals surface area contributed by atoms with Crippen molar-refractivity contribution in [3.05, 3.63) is 70.0 Å². The molecule has 0 spiro atoms. The number of benzene rings is 2. The van der Waals surface area contributed by atoms with Crippen molar-refractivity contribution in [2.24, 2.45) is 0 Å². The molecule has 25 heavy (non-hydrogen) atoms. The predicted molar refractivity (Wildman–Crippen MR) is 96.4 cm³/mol. The smallest absolute Gasteiger partial charge is 0.246 e. The zero-order valence-corrected chi connectivity index (χ0v) is 15.0. The molecule has 5 nitrogen and oxygen atoms in total. The number of nitrogens with zero attached hydrogens (tertiary/aromatic N) is 3. The molecule has 0 radical (unpaired) electrons. The van der Waals surface area contributed by atoms with Crippen molar-refractivity contribution in [3.63, 3.8) is 0 Å². The van der Waals surface area contributed by atoms with Gasteiger partial charge in [-0.1, -0.05) is 58.7 Å². The Labute approximate surface area is 155 Å². The molecule has 1 amide bonds. The van der Waals surface area contributed by atoms with Crippen LogP contribution in [-0.2, 0) is 17.8 Å². The molecular formula is C18H15Cl2N3O2. The lowest BCUT2D eigenvalue weighted by Crippen LogP contribution is -2.27. The molecule has 0 unspecified atom stereocenters. The summed E-state index contributed by atoms with van der Waals surface area (Å²) < 4.78 is 5.23. The van der Waals surface area contributed by atoms with Crippen LogP contribution in [0, 0.1) is 0 Å². The number of likely N-dealkylation sites (N-methyl/N-ethyl adjacent to an activating group) is 1. The van der Waals surface area contributed by atoms with E-state index in [-0.39, 0.29) is 18.9 Å². The monoisotopic (exact) mass is 375 g/mol. The Bertz CT molecular complexity index is 895. The summed E-state index contributed by atoms with van der Waals surface area (Å²) in [6.07, 6.45) is 0.210. The van der Waals surface area contributed by atoms with Crippen LogP contribution in [-0.4, -0.2) is 28.0 Å². The van der Waals surface area contributed by atoms with Gasteiger partial charge in [-0.05, 0) is 23.8 Å². The highest BCUT2D eigenvalue weighted by Gasteiger charge is 2.16. The second-order valence-electron chi connectivity index (χ2n) is 5.51. The summed E-state index contributed by atoms with van der Waals surface area (Å²) in [5.74, 6) is 0.642. The Hall–Kier alpha value is -2.37. The molecule has 1 aromatic heterocycles. The molecule has 0 aliphatic heterocycles. The van der Waals surface area contributed by atoms with Gasteiger partial charge in [0.2, 0.25) is 17.6 Å². The van der Waals surface area contributed by atoms with Crippen LogP contribution in [0.2, 0.25) is 10.0 Å². The minimum Gasteiger partial charge on any atom is -0.337 e. The maximum absolute atomic E-state index is 12.4. The maximum atomic E-state index is 12.4. The van der Waals surface area contributed by atoms with Crippen LogP contribution in [0.25, 0.3) is 11.4 Å². The standard InChI is InChI=1S/C18H15Cl2N3O2/c1-23(17(24)10-12-6-2-4-8-14(12)19)11-16-21-18(22-25-16)13-7-3-5-9-15(13)20/h2-9H,10-11H2,1H3. The van der Waals surface area contributed by atoms with Gasteiger partial charge >= 0.3 is 0 Å². The summed E-state index contributed by atoms with van der Waals surface area (Å²) >= 11 is 12.2. The summed E-state index contributed by atoms with van der Waals surface area (Å²) in [4.78, 5) is 18.2. The lowest BCUT2D eigenvalue weighted by molar-refractivity contribution is -0.130. The minimum absolute atomic E-state index is 0.0920. The summed E-state index contributed by atoms with van der Waals surface area (Å²) in [7, 11) is 1.68. The molecule has 0 atom stereocenters. The molecule has 0 N–H and O–H groups in total. The fourth-order valence-corrected chi connectivity index (χ4v) is 2.72. The topological polar surface area (TPSA) is 59.2 Å². The fraction of sp³-hybridized carbons (Fsp3) is 0.167. The van der Waals surface area contributed by atoms with Crippen molar-refractivity contribution in [1.82, 2.24) is 15.0 Å². The van der Waals surface area contributed by atoms with Crippen LogP contribution >= 0.6 is 23.2 Å². The van der Waals surface area contributed by atoms with Crippen LogP contribution in [0.4, 0.5) is 0 Å². The first-order chi connectivity index (χ1) is 12.0. The van der Waals surface area contributed by atoms with E-state index in [4.69, 9.17) is 27.7 Å². The van der Waals surface area contributed by atoms with Gasteiger partial charge in [-0.15, -0.1) is 0 Å². The first-order valence-electron chi connectivity index (χ1n) is 7.59. The van der Waals surface area contributed by atoms with Crippen LogP contribution in [0.3, 0.4) is 0 Å². The molecule has 3 rings (SSSR count). The summed E-state index contributed by atoms with van der Waals surface area (Å²) in [6.45, 7) is 0.209. The third kappa shape index (κ3) is 4.18. The van der Waals surface area contributed by atoms with Gasteiger partial charge in [-0.2, -0.15) is 4.98 Å². The van der Waals surface area contributed by atoms with Crippen LogP contribution in [0.15, 0.2) is 53.1 Å². The number of halogens is 2. The quantitative estimate of drug-likeness (QED) is 0.668. The molecule has 1 heterocycles. The molecule has 3 aromatic rings. The van der Waals surface area contributed by atoms with Crippen molar-refractivity contribution < 1.29 is 9.32 Å². The van der Waals surface area contributed by atoms with Crippen molar-refractivity contribution in [2.75, 3.05) is 7.05 Å². The second kappa shape index (κ2) is 7.68. The van der Waals surface area contributed by atoms with E-state index in [9.17, 15) is 4.79 Å². The fourth-order valence-electron chi connectivity index (χ4n) is 2.30. The predicted octanol–water partition coefficient (Wildman–Crippen LogP) is 4.24. The number of hydrogen-bond donors (Lipinski definition) is 0. The van der Waals surface area contributed by atoms with Gasteiger partial charge in [0, 0.05) is 17.6 Å². The van der Waals surface area contributed by atoms with Crippen LogP contribution < -0.4 is 0 Å². The highest BCUT2D eigenvalue weighted by Crippen LogP contribution is 2.25. The molecule has 0 bridgehead atoms. The van der Waals surface area contributed by atoms with Crippen molar-refractivity contribution in [2.45, 2.75) is 13.0 Å². The number of aromatic nitrogens is 2. The number of carbonyl (C=O) groups excluding carboxylic acids is 1. The Morgan fingerprint density at radius 1 is 1.08 bits per heavy atom. The number of amides is 1. The Balaban J connectivity index is 1.67. The van der Waals surface area contributed by atoms with E-state index < -0.39 is 0 Å². The summed E-state index contributed by atoms with van der Waals surface area (Å²) in [5, 5.41) is 5.04. The number of hydrogen-bond acceptors (Lipinski definition) is 4. The van der Waals surface area contributed by atoms with Crippen LogP contribution in [0.5, 0.6) is 0 Å². The van der Waals surface area contributed by atoms with Gasteiger partial charge in [0.25, 0.3) is 0 Å². The SMILES string of the molecule is CN(Cc1nc(-c2ccccc2Cl)no1)C(=O)Cc1ccccc1Cl. The van der Waals surface area contributed by atoms with E-state index >= 15 is 0 Å². The molecular weight excluding hydrogens is 361 g/mol. The minimum atomic E-state index is -0.0920. The van der Waals surface area contributed by atoms with Crippen LogP contribution in [0.1, 0.15) is 11.5 Å². The van der Waals surface area contributed by atoms with Gasteiger partial charge in [-0.3, -0.25) is 4.79 Å². The van der Waals surface area contributed by atoms with Crippen molar-refractivity contribution in [3.8, 4) is 11.4 Å². The zero-order valence-electron chi connectivity index (χ0n) is 13.4. The van der Waals surface area contributed by atoms with Gasteiger partial charge in [0.05, 0.1) is 18.0 Å². The highest BCUT2D eigenvalue weighted by atomic mass is 35.5. The Morgan fingerprint density at radius 2 is 1.76 bits per heavy atom. The van der Waals surface area contributed by atoms with E-state index in [0.29, 0.717) is 27.3 Å². The molecule has 2 aromatic carbocycles. The largest absolute Gasteiger partial charge is 0.337 e. The van der Waals surface area contributed by atoms with E-state index in [1.54, 1.807) is 19.2 Å². The van der Waals surface area contributed by atoms with Gasteiger partial charge in [0.15, 0.2) is 0 Å². The normalized spacial score (nSPS) is 10.7. The maximum Gasteiger partial charge on any atom is 0.246 e. The molecule has 7 heteroatoms. The third-order valence-electron chi connectivity index (χ3n) is 3.68.